The van der Waals surface area contributed by atoms with Gasteiger partial charge in [-0.2, -0.15) is 0 Å². The van der Waals surface area contributed by atoms with Crippen LogP contribution in [0.5, 0.6) is 0 Å². The molecule has 1 aromatic heterocycles. The van der Waals surface area contributed by atoms with Gasteiger partial charge < -0.3 is 9.88 Å². The van der Waals surface area contributed by atoms with E-state index in [9.17, 15) is 0 Å². The third kappa shape index (κ3) is 3.37. The molecule has 3 heteroatoms. The maximum absolute atomic E-state index is 4.55. The highest BCUT2D eigenvalue weighted by Crippen LogP contribution is 2.18. The molecule has 1 N–H and O–H groups in total. The Bertz CT molecular complexity index is 514. The van der Waals surface area contributed by atoms with Crippen molar-refractivity contribution in [2.75, 3.05) is 11.9 Å². The van der Waals surface area contributed by atoms with Gasteiger partial charge in [-0.15, -0.1) is 0 Å². The van der Waals surface area contributed by atoms with Crippen molar-refractivity contribution in [2.45, 2.75) is 39.7 Å². The van der Waals surface area contributed by atoms with Gasteiger partial charge in [0, 0.05) is 18.8 Å². The molecule has 0 aliphatic carbocycles. The normalized spacial score (nSPS) is 12.7. The Morgan fingerprint density at radius 2 is 1.84 bits per heavy atom. The monoisotopic (exact) mass is 257 g/mol. The van der Waals surface area contributed by atoms with Gasteiger partial charge in [-0.1, -0.05) is 37.3 Å². The second-order valence-corrected chi connectivity index (χ2v) is 5.40. The first-order chi connectivity index (χ1) is 9.08. The van der Waals surface area contributed by atoms with Crippen LogP contribution < -0.4 is 5.32 Å². The molecule has 102 valence electrons. The highest BCUT2D eigenvalue weighted by atomic mass is 15.2. The molecule has 3 nitrogen and oxygen atoms in total. The van der Waals surface area contributed by atoms with Gasteiger partial charge in [-0.25, -0.2) is 4.98 Å². The Kier molecular flexibility index (Phi) is 4.25. The summed E-state index contributed by atoms with van der Waals surface area (Å²) in [5, 5.41) is 3.47. The van der Waals surface area contributed by atoms with Crippen LogP contribution in [0.3, 0.4) is 0 Å². The molecular formula is C16H23N3. The molecule has 0 bridgehead atoms. The number of anilines is 1. The van der Waals surface area contributed by atoms with Gasteiger partial charge >= 0.3 is 0 Å². The highest BCUT2D eigenvalue weighted by Gasteiger charge is 2.10. The van der Waals surface area contributed by atoms with Crippen molar-refractivity contribution in [3.8, 4) is 0 Å². The summed E-state index contributed by atoms with van der Waals surface area (Å²) in [4.78, 5) is 4.55. The van der Waals surface area contributed by atoms with Gasteiger partial charge in [0.1, 0.15) is 0 Å². The Morgan fingerprint density at radius 1 is 1.16 bits per heavy atom. The standard InChI is InChI=1S/C16H23N3/c1-12(2)19-11-14(4)18-16(19)17-10-13(3)15-8-6-5-7-9-15/h5-9,11-13H,10H2,1-4H3,(H,17,18). The van der Waals surface area contributed by atoms with E-state index in [1.54, 1.807) is 0 Å². The number of hydrogen-bond donors (Lipinski definition) is 1. The molecule has 0 aliphatic rings. The Labute approximate surface area is 115 Å². The Balaban J connectivity index is 2.03. The average Bonchev–Trinajstić information content (AvgIpc) is 2.78. The molecule has 1 aromatic carbocycles. The van der Waals surface area contributed by atoms with Crippen LogP contribution in [0, 0.1) is 6.92 Å². The van der Waals surface area contributed by atoms with Crippen molar-refractivity contribution in [3.05, 3.63) is 47.8 Å². The fourth-order valence-corrected chi connectivity index (χ4v) is 2.18. The molecule has 0 radical (unpaired) electrons. The van der Waals surface area contributed by atoms with E-state index in [2.05, 4.69) is 72.2 Å². The van der Waals surface area contributed by atoms with E-state index in [1.807, 2.05) is 6.92 Å². The van der Waals surface area contributed by atoms with Crippen LogP contribution in [0.25, 0.3) is 0 Å². The number of aromatic nitrogens is 2. The van der Waals surface area contributed by atoms with Crippen LogP contribution in [0.15, 0.2) is 36.5 Å². The zero-order valence-corrected chi connectivity index (χ0v) is 12.2. The molecule has 0 saturated carbocycles. The third-order valence-corrected chi connectivity index (χ3v) is 3.34. The summed E-state index contributed by atoms with van der Waals surface area (Å²) in [6, 6.07) is 11.0. The number of rotatable bonds is 5. The van der Waals surface area contributed by atoms with Gasteiger partial charge in [0.15, 0.2) is 0 Å². The second kappa shape index (κ2) is 5.91. The lowest BCUT2D eigenvalue weighted by Crippen LogP contribution is -2.14. The molecule has 0 spiro atoms. The van der Waals surface area contributed by atoms with Crippen molar-refractivity contribution in [1.29, 1.82) is 0 Å². The van der Waals surface area contributed by atoms with Crippen molar-refractivity contribution < 1.29 is 0 Å². The first kappa shape index (κ1) is 13.7. The first-order valence-electron chi connectivity index (χ1n) is 6.92. The van der Waals surface area contributed by atoms with Gasteiger partial charge in [0.05, 0.1) is 5.69 Å². The van der Waals surface area contributed by atoms with Crippen molar-refractivity contribution >= 4 is 5.95 Å². The summed E-state index contributed by atoms with van der Waals surface area (Å²) in [5.74, 6) is 1.44. The number of nitrogens with one attached hydrogen (secondary N) is 1. The van der Waals surface area contributed by atoms with Crippen molar-refractivity contribution in [3.63, 3.8) is 0 Å². The molecule has 0 saturated heterocycles. The van der Waals surface area contributed by atoms with Crippen LogP contribution in [0.4, 0.5) is 5.95 Å². The zero-order valence-electron chi connectivity index (χ0n) is 12.2. The number of benzene rings is 1. The predicted molar refractivity (Wildman–Crippen MR) is 80.7 cm³/mol. The third-order valence-electron chi connectivity index (χ3n) is 3.34. The minimum absolute atomic E-state index is 0.427. The molecular weight excluding hydrogens is 234 g/mol. The van der Waals surface area contributed by atoms with Crippen LogP contribution >= 0.6 is 0 Å². The number of hydrogen-bond acceptors (Lipinski definition) is 2. The average molecular weight is 257 g/mol. The van der Waals surface area contributed by atoms with E-state index in [0.717, 1.165) is 18.2 Å². The van der Waals surface area contributed by atoms with E-state index < -0.39 is 0 Å². The molecule has 0 fully saturated rings. The van der Waals surface area contributed by atoms with Crippen molar-refractivity contribution in [1.82, 2.24) is 9.55 Å². The fraction of sp³-hybridized carbons (Fsp3) is 0.438. The van der Waals surface area contributed by atoms with Gasteiger partial charge in [0.2, 0.25) is 5.95 Å². The number of nitrogens with zero attached hydrogens (tertiary/aromatic N) is 2. The predicted octanol–water partition coefficient (Wildman–Crippen LogP) is 3.99. The Morgan fingerprint density at radius 3 is 2.47 bits per heavy atom. The molecule has 2 aromatic rings. The van der Waals surface area contributed by atoms with E-state index >= 15 is 0 Å². The lowest BCUT2D eigenvalue weighted by molar-refractivity contribution is 0.602. The van der Waals surface area contributed by atoms with Crippen molar-refractivity contribution in [2.24, 2.45) is 0 Å². The molecule has 2 rings (SSSR count). The zero-order chi connectivity index (χ0) is 13.8. The smallest absolute Gasteiger partial charge is 0.203 e. The number of aryl methyl sites for hydroxylation is 1. The quantitative estimate of drug-likeness (QED) is 0.877. The summed E-state index contributed by atoms with van der Waals surface area (Å²) in [7, 11) is 0. The van der Waals surface area contributed by atoms with Gasteiger partial charge in [0.25, 0.3) is 0 Å². The molecule has 19 heavy (non-hydrogen) atoms. The van der Waals surface area contributed by atoms with Gasteiger partial charge in [-0.3, -0.25) is 0 Å². The van der Waals surface area contributed by atoms with E-state index in [4.69, 9.17) is 0 Å². The minimum Gasteiger partial charge on any atom is -0.355 e. The van der Waals surface area contributed by atoms with Crippen LogP contribution in [-0.4, -0.2) is 16.1 Å². The first-order valence-corrected chi connectivity index (χ1v) is 6.92. The molecule has 0 amide bonds. The second-order valence-electron chi connectivity index (χ2n) is 5.40. The summed E-state index contributed by atoms with van der Waals surface area (Å²) >= 11 is 0. The summed E-state index contributed by atoms with van der Waals surface area (Å²) in [6.07, 6.45) is 2.10. The summed E-state index contributed by atoms with van der Waals surface area (Å²) in [5.41, 5.74) is 2.41. The number of imidazole rings is 1. The molecule has 1 unspecified atom stereocenters. The minimum atomic E-state index is 0.427. The van der Waals surface area contributed by atoms with E-state index in [-0.39, 0.29) is 0 Å². The molecule has 0 aliphatic heterocycles. The summed E-state index contributed by atoms with van der Waals surface area (Å²) in [6.45, 7) is 9.51. The van der Waals surface area contributed by atoms with E-state index in [0.29, 0.717) is 12.0 Å². The largest absolute Gasteiger partial charge is 0.355 e. The SMILES string of the molecule is Cc1cn(C(C)C)c(NCC(C)c2ccccc2)n1. The summed E-state index contributed by atoms with van der Waals surface area (Å²) < 4.78 is 2.19. The Hall–Kier alpha value is -1.77. The fourth-order valence-electron chi connectivity index (χ4n) is 2.18. The maximum Gasteiger partial charge on any atom is 0.203 e. The topological polar surface area (TPSA) is 29.9 Å². The van der Waals surface area contributed by atoms with Crippen LogP contribution in [0.1, 0.15) is 44.0 Å². The van der Waals surface area contributed by atoms with Crippen LogP contribution in [-0.2, 0) is 0 Å². The molecule has 1 atom stereocenters. The van der Waals surface area contributed by atoms with E-state index in [1.165, 1.54) is 5.56 Å². The van der Waals surface area contributed by atoms with Gasteiger partial charge in [-0.05, 0) is 32.3 Å². The maximum atomic E-state index is 4.55. The molecule has 1 heterocycles. The highest BCUT2D eigenvalue weighted by molar-refractivity contribution is 5.31. The lowest BCUT2D eigenvalue weighted by Gasteiger charge is -2.16. The van der Waals surface area contributed by atoms with Crippen LogP contribution in [0.2, 0.25) is 0 Å². The lowest BCUT2D eigenvalue weighted by atomic mass is 10.0.